The van der Waals surface area contributed by atoms with E-state index in [0.717, 1.165) is 31.3 Å². The normalized spacial score (nSPS) is 20.3. The van der Waals surface area contributed by atoms with Gasteiger partial charge in [0.05, 0.1) is 46.3 Å². The lowest BCUT2D eigenvalue weighted by Crippen LogP contribution is -2.39. The van der Waals surface area contributed by atoms with Crippen molar-refractivity contribution < 1.29 is 40.9 Å². The minimum atomic E-state index is -1.24. The average molecular weight is 755 g/mol. The van der Waals surface area contributed by atoms with Crippen molar-refractivity contribution in [1.82, 2.24) is 0 Å². The quantitative estimate of drug-likeness (QED) is 0.0326. The number of aliphatic hydroxyl groups excluding tert-OH is 2. The highest BCUT2D eigenvalue weighted by Crippen LogP contribution is 2.32. The minimum Gasteiger partial charge on any atom is -0.392 e. The summed E-state index contributed by atoms with van der Waals surface area (Å²) in [5, 5.41) is 85.3. The second-order valence-electron chi connectivity index (χ2n) is 18.8. The molecule has 0 saturated carbocycles. The molecule has 0 aromatic rings. The van der Waals surface area contributed by atoms with Crippen LogP contribution in [0.2, 0.25) is 0 Å². The fourth-order valence-electron chi connectivity index (χ4n) is 7.27. The molecule has 53 heavy (non-hydrogen) atoms. The molecule has 0 aliphatic heterocycles. The van der Waals surface area contributed by atoms with Crippen molar-refractivity contribution in [3.05, 3.63) is 34.9 Å². The Labute approximate surface area is 325 Å². The van der Waals surface area contributed by atoms with E-state index in [1.54, 1.807) is 13.8 Å². The lowest BCUT2D eigenvalue weighted by atomic mass is 9.83. The Morgan fingerprint density at radius 2 is 0.792 bits per heavy atom. The summed E-state index contributed by atoms with van der Waals surface area (Å²) in [6.07, 6.45) is 18.5. The van der Waals surface area contributed by atoms with Crippen LogP contribution in [0, 0.1) is 0 Å². The Kier molecular flexibility index (Phi) is 24.0. The molecule has 0 aromatic heterocycles. The third-order valence-electron chi connectivity index (χ3n) is 11.4. The first kappa shape index (κ1) is 51.9. The lowest BCUT2D eigenvalue weighted by molar-refractivity contribution is -0.0746. The van der Waals surface area contributed by atoms with Crippen LogP contribution in [0.15, 0.2) is 34.9 Å². The number of hydrogen-bond donors (Lipinski definition) is 8. The van der Waals surface area contributed by atoms with Crippen molar-refractivity contribution in [3.63, 3.8) is 0 Å². The van der Waals surface area contributed by atoms with Gasteiger partial charge in [-0.15, -0.1) is 0 Å². The summed E-state index contributed by atoms with van der Waals surface area (Å²) in [7, 11) is 0. The first-order valence-electron chi connectivity index (χ1n) is 20.8. The van der Waals surface area contributed by atoms with E-state index in [-0.39, 0.29) is 6.61 Å². The van der Waals surface area contributed by atoms with Crippen LogP contribution in [-0.2, 0) is 0 Å². The minimum absolute atomic E-state index is 0.0565. The van der Waals surface area contributed by atoms with Crippen LogP contribution >= 0.6 is 0 Å². The van der Waals surface area contributed by atoms with Crippen LogP contribution < -0.4 is 0 Å². The summed E-state index contributed by atoms with van der Waals surface area (Å²) in [5.41, 5.74) is -1.97. The van der Waals surface area contributed by atoms with E-state index >= 15 is 0 Å². The van der Waals surface area contributed by atoms with Crippen LogP contribution in [0.25, 0.3) is 0 Å². The number of rotatable bonds is 31. The average Bonchev–Trinajstić information content (AvgIpc) is 2.98. The summed E-state index contributed by atoms with van der Waals surface area (Å²) in [4.78, 5) is 0. The van der Waals surface area contributed by atoms with Crippen LogP contribution in [0.3, 0.4) is 0 Å². The van der Waals surface area contributed by atoms with Crippen LogP contribution in [0.4, 0.5) is 0 Å². The smallest absolute Gasteiger partial charge is 0.0877 e. The molecule has 0 bridgehead atoms. The predicted molar refractivity (Wildman–Crippen MR) is 221 cm³/mol. The number of allylic oxidation sites excluding steroid dienone is 5. The van der Waals surface area contributed by atoms with Crippen molar-refractivity contribution in [2.24, 2.45) is 0 Å². The van der Waals surface area contributed by atoms with Gasteiger partial charge in [-0.3, -0.25) is 0 Å². The number of aliphatic hydroxyl groups is 8. The Bertz CT molecular complexity index is 1080. The largest absolute Gasteiger partial charge is 0.392 e. The van der Waals surface area contributed by atoms with Gasteiger partial charge in [-0.05, 0) is 204 Å². The molecule has 7 atom stereocenters. The maximum absolute atomic E-state index is 11.0. The molecule has 0 saturated heterocycles. The highest BCUT2D eigenvalue weighted by atomic mass is 16.3. The fraction of sp³-hybridized carbons (Fsp3) is 0.867. The van der Waals surface area contributed by atoms with Crippen molar-refractivity contribution in [3.8, 4) is 0 Å². The van der Waals surface area contributed by atoms with Gasteiger partial charge in [0, 0.05) is 0 Å². The molecule has 0 heterocycles. The Balaban J connectivity index is 4.45. The third-order valence-corrected chi connectivity index (χ3v) is 11.4. The molecule has 0 unspecified atom stereocenters. The molecule has 8 heteroatoms. The van der Waals surface area contributed by atoms with Gasteiger partial charge in [-0.2, -0.15) is 0 Å². The van der Waals surface area contributed by atoms with Gasteiger partial charge in [0.1, 0.15) is 0 Å². The molecule has 0 fully saturated rings. The van der Waals surface area contributed by atoms with E-state index < -0.39 is 39.7 Å². The first-order chi connectivity index (χ1) is 24.2. The highest BCUT2D eigenvalue weighted by Gasteiger charge is 2.32. The van der Waals surface area contributed by atoms with Crippen LogP contribution in [0.1, 0.15) is 204 Å². The van der Waals surface area contributed by atoms with E-state index in [9.17, 15) is 35.7 Å². The summed E-state index contributed by atoms with van der Waals surface area (Å²) in [5.74, 6) is 0. The number of hydrogen-bond acceptors (Lipinski definition) is 8. The highest BCUT2D eigenvalue weighted by molar-refractivity contribution is 5.04. The van der Waals surface area contributed by atoms with Gasteiger partial charge in [0.25, 0.3) is 0 Å². The van der Waals surface area contributed by atoms with Crippen LogP contribution in [-0.4, -0.2) is 87.2 Å². The van der Waals surface area contributed by atoms with Gasteiger partial charge in [-0.25, -0.2) is 0 Å². The molecule has 0 aliphatic rings. The van der Waals surface area contributed by atoms with Gasteiger partial charge < -0.3 is 40.9 Å². The van der Waals surface area contributed by atoms with Gasteiger partial charge in [0.15, 0.2) is 0 Å². The zero-order valence-electron chi connectivity index (χ0n) is 35.9. The zero-order chi connectivity index (χ0) is 41.0. The van der Waals surface area contributed by atoms with E-state index in [4.69, 9.17) is 5.11 Å². The van der Waals surface area contributed by atoms with E-state index in [2.05, 4.69) is 26.0 Å². The summed E-state index contributed by atoms with van der Waals surface area (Å²) < 4.78 is 0. The summed E-state index contributed by atoms with van der Waals surface area (Å²) in [6.45, 7) is 19.0. The van der Waals surface area contributed by atoms with Crippen LogP contribution in [0.5, 0.6) is 0 Å². The first-order valence-corrected chi connectivity index (χ1v) is 20.8. The molecule has 0 aromatic carbocycles. The SMILES string of the molecule is CC(C)=CCC[C@@](C)(O)CCC[C@@](C)(O)CCC[C@](C)(O)CCC[C@](C)(O)CCC[C@](C)(O)CCC[C@](C)(O)[C@H](O)CC/C(C)=C/CC/C(C)=C/CO. The second kappa shape index (κ2) is 24.5. The van der Waals surface area contributed by atoms with Gasteiger partial charge in [-0.1, -0.05) is 34.9 Å². The molecule has 8 N–H and O–H groups in total. The molecule has 0 aliphatic carbocycles. The molecular formula is C45H86O8. The monoisotopic (exact) mass is 755 g/mol. The van der Waals surface area contributed by atoms with Crippen molar-refractivity contribution in [2.75, 3.05) is 6.61 Å². The predicted octanol–water partition coefficient (Wildman–Crippen LogP) is 8.90. The Morgan fingerprint density at radius 3 is 1.15 bits per heavy atom. The second-order valence-corrected chi connectivity index (χ2v) is 18.8. The van der Waals surface area contributed by atoms with E-state index in [0.29, 0.717) is 109 Å². The summed E-state index contributed by atoms with van der Waals surface area (Å²) in [6, 6.07) is 0. The molecule has 0 rings (SSSR count). The van der Waals surface area contributed by atoms with Crippen molar-refractivity contribution in [2.45, 2.75) is 244 Å². The molecule has 0 spiro atoms. The maximum Gasteiger partial charge on any atom is 0.0877 e. The van der Waals surface area contributed by atoms with Crippen molar-refractivity contribution in [1.29, 1.82) is 0 Å². The van der Waals surface area contributed by atoms with Crippen molar-refractivity contribution >= 4 is 0 Å². The molecule has 8 nitrogen and oxygen atoms in total. The molecule has 0 radical (unpaired) electrons. The third kappa shape index (κ3) is 28.0. The lowest BCUT2D eigenvalue weighted by Gasteiger charge is -2.32. The van der Waals surface area contributed by atoms with Gasteiger partial charge >= 0.3 is 0 Å². The maximum atomic E-state index is 11.0. The fourth-order valence-corrected chi connectivity index (χ4v) is 7.27. The van der Waals surface area contributed by atoms with Gasteiger partial charge in [0.2, 0.25) is 0 Å². The molecule has 314 valence electrons. The Hall–Kier alpha value is -1.10. The van der Waals surface area contributed by atoms with E-state index in [1.807, 2.05) is 47.6 Å². The Morgan fingerprint density at radius 1 is 0.453 bits per heavy atom. The standard InChI is InChI=1S/C45H86O8/c1-36(2)18-12-24-40(5,48)25-13-26-41(6,49)27-14-28-42(7,50)29-15-30-43(8,51)31-16-32-44(9,52)33-17-34-45(10,53)39(47)22-21-37(3)19-11-20-38(4)23-35-46/h18-19,23,39,46-53H,11-17,20-22,24-35H2,1-10H3/b37-19+,38-23+/t39-,40-,41-,42+,43+,44+,45+/m1/s1. The molecule has 0 amide bonds. The topological polar surface area (TPSA) is 162 Å². The zero-order valence-corrected chi connectivity index (χ0v) is 35.9. The molecular weight excluding hydrogens is 668 g/mol. The van der Waals surface area contributed by atoms with E-state index in [1.165, 1.54) is 11.1 Å². The summed E-state index contributed by atoms with van der Waals surface area (Å²) >= 11 is 0.